The van der Waals surface area contributed by atoms with Crippen LogP contribution in [0, 0.1) is 0 Å². The quantitative estimate of drug-likeness (QED) is 0.558. The van der Waals surface area contributed by atoms with Crippen molar-refractivity contribution < 1.29 is 0 Å². The summed E-state index contributed by atoms with van der Waals surface area (Å²) in [7, 11) is 0. The van der Waals surface area contributed by atoms with Crippen molar-refractivity contribution in [3.8, 4) is 0 Å². The topological polar surface area (TPSA) is 49.3 Å². The predicted octanol–water partition coefficient (Wildman–Crippen LogP) is 5.44. The Hall–Kier alpha value is -2.05. The Bertz CT molecular complexity index is 902. The Kier molecular flexibility index (Phi) is 5.94. The molecule has 1 atom stereocenters. The van der Waals surface area contributed by atoms with Crippen molar-refractivity contribution in [1.29, 1.82) is 0 Å². The molecule has 3 aromatic rings. The number of anilines is 1. The third-order valence-electron chi connectivity index (χ3n) is 4.56. The number of aromatic nitrogens is 1. The van der Waals surface area contributed by atoms with Crippen LogP contribution < -0.4 is 10.6 Å². The van der Waals surface area contributed by atoms with Gasteiger partial charge in [-0.2, -0.15) is 0 Å². The lowest BCUT2D eigenvalue weighted by molar-refractivity contribution is 0.618. The van der Waals surface area contributed by atoms with Crippen LogP contribution >= 0.6 is 23.1 Å². The number of rotatable bonds is 7. The summed E-state index contributed by atoms with van der Waals surface area (Å²) in [5, 5.41) is 9.06. The van der Waals surface area contributed by atoms with Crippen LogP contribution in [-0.4, -0.2) is 28.5 Å². The first-order chi connectivity index (χ1) is 13.3. The van der Waals surface area contributed by atoms with Crippen LogP contribution in [0.25, 0.3) is 10.2 Å². The molecule has 0 saturated carbocycles. The van der Waals surface area contributed by atoms with Gasteiger partial charge in [-0.25, -0.2) is 9.98 Å². The van der Waals surface area contributed by atoms with Gasteiger partial charge in [0.05, 0.1) is 15.9 Å². The molecule has 2 N–H and O–H groups in total. The zero-order chi connectivity index (χ0) is 18.5. The van der Waals surface area contributed by atoms with Crippen molar-refractivity contribution in [3.05, 3.63) is 54.1 Å². The minimum absolute atomic E-state index is 0.562. The lowest BCUT2D eigenvalue weighted by atomic mass is 10.1. The molecular weight excluding hydrogens is 372 g/mol. The smallest absolute Gasteiger partial charge is 0.183 e. The highest BCUT2D eigenvalue weighted by molar-refractivity contribution is 8.14. The summed E-state index contributed by atoms with van der Waals surface area (Å²) in [6.45, 7) is 3.08. The SMILES string of the molecule is CCCC1CS/C(=N/c2ccccc2CCNc2nc3ccccc3s2)N1. The summed E-state index contributed by atoms with van der Waals surface area (Å²) in [5.41, 5.74) is 3.39. The van der Waals surface area contributed by atoms with Crippen molar-refractivity contribution in [2.24, 2.45) is 4.99 Å². The number of para-hydroxylation sites is 2. The van der Waals surface area contributed by atoms with Gasteiger partial charge in [0.15, 0.2) is 10.3 Å². The number of thiazole rings is 1. The number of nitrogens with zero attached hydrogens (tertiary/aromatic N) is 2. The van der Waals surface area contributed by atoms with Gasteiger partial charge in [0.25, 0.3) is 0 Å². The predicted molar refractivity (Wildman–Crippen MR) is 120 cm³/mol. The molecule has 4 rings (SSSR count). The molecular formula is C21H24N4S2. The molecule has 1 aliphatic heterocycles. The molecule has 1 fully saturated rings. The Balaban J connectivity index is 1.39. The average molecular weight is 397 g/mol. The van der Waals surface area contributed by atoms with Gasteiger partial charge in [-0.05, 0) is 36.6 Å². The number of hydrogen-bond acceptors (Lipinski definition) is 5. The summed E-state index contributed by atoms with van der Waals surface area (Å²) in [5.74, 6) is 1.12. The van der Waals surface area contributed by atoms with Gasteiger partial charge < -0.3 is 10.6 Å². The number of fused-ring (bicyclic) bond motifs is 1. The second-order valence-electron chi connectivity index (χ2n) is 6.65. The van der Waals surface area contributed by atoms with Gasteiger partial charge in [-0.1, -0.05) is 66.8 Å². The maximum atomic E-state index is 4.88. The summed E-state index contributed by atoms with van der Waals surface area (Å²) < 4.78 is 1.22. The van der Waals surface area contributed by atoms with Crippen LogP contribution in [0.1, 0.15) is 25.3 Å². The van der Waals surface area contributed by atoms with Crippen molar-refractivity contribution >= 4 is 49.3 Å². The minimum Gasteiger partial charge on any atom is -0.361 e. The Morgan fingerprint density at radius 3 is 2.93 bits per heavy atom. The maximum absolute atomic E-state index is 4.88. The van der Waals surface area contributed by atoms with E-state index in [1.54, 1.807) is 11.3 Å². The second-order valence-corrected chi connectivity index (χ2v) is 8.69. The van der Waals surface area contributed by atoms with Crippen LogP contribution in [0.5, 0.6) is 0 Å². The molecule has 1 aromatic heterocycles. The molecule has 4 nitrogen and oxygen atoms in total. The number of aliphatic imine (C=N–C) groups is 1. The lowest BCUT2D eigenvalue weighted by Gasteiger charge is -2.09. The molecule has 140 valence electrons. The fraction of sp³-hybridized carbons (Fsp3) is 0.333. The molecule has 0 spiro atoms. The largest absolute Gasteiger partial charge is 0.361 e. The third-order valence-corrected chi connectivity index (χ3v) is 6.61. The zero-order valence-electron chi connectivity index (χ0n) is 15.4. The molecule has 1 aliphatic rings. The Morgan fingerprint density at radius 2 is 2.04 bits per heavy atom. The molecule has 1 saturated heterocycles. The maximum Gasteiger partial charge on any atom is 0.183 e. The van der Waals surface area contributed by atoms with Gasteiger partial charge in [0, 0.05) is 18.3 Å². The van der Waals surface area contributed by atoms with Gasteiger partial charge in [-0.15, -0.1) is 0 Å². The normalized spacial score (nSPS) is 18.1. The molecule has 1 unspecified atom stereocenters. The third kappa shape index (κ3) is 4.62. The highest BCUT2D eigenvalue weighted by atomic mass is 32.2. The van der Waals surface area contributed by atoms with Gasteiger partial charge in [-0.3, -0.25) is 0 Å². The highest BCUT2D eigenvalue weighted by Crippen LogP contribution is 2.27. The summed E-state index contributed by atoms with van der Waals surface area (Å²) in [6, 6.07) is 17.2. The first kappa shape index (κ1) is 18.3. The average Bonchev–Trinajstić information content (AvgIpc) is 3.30. The first-order valence-corrected chi connectivity index (χ1v) is 11.3. The number of benzene rings is 2. The van der Waals surface area contributed by atoms with Crippen LogP contribution in [0.3, 0.4) is 0 Å². The Morgan fingerprint density at radius 1 is 1.19 bits per heavy atom. The number of nitrogens with one attached hydrogen (secondary N) is 2. The van der Waals surface area contributed by atoms with Crippen LogP contribution in [-0.2, 0) is 6.42 Å². The van der Waals surface area contributed by atoms with E-state index in [1.807, 2.05) is 17.8 Å². The Labute approximate surface area is 168 Å². The van der Waals surface area contributed by atoms with Crippen LogP contribution in [0.4, 0.5) is 10.8 Å². The van der Waals surface area contributed by atoms with Gasteiger partial charge in [0.2, 0.25) is 0 Å². The molecule has 0 aliphatic carbocycles. The minimum atomic E-state index is 0.562. The molecule has 2 aromatic carbocycles. The summed E-state index contributed by atoms with van der Waals surface area (Å²) in [4.78, 5) is 9.52. The van der Waals surface area contributed by atoms with E-state index < -0.39 is 0 Å². The van der Waals surface area contributed by atoms with E-state index >= 15 is 0 Å². The van der Waals surface area contributed by atoms with Gasteiger partial charge in [0.1, 0.15) is 0 Å². The molecule has 2 heterocycles. The van der Waals surface area contributed by atoms with Crippen molar-refractivity contribution in [2.45, 2.75) is 32.2 Å². The number of hydrogen-bond donors (Lipinski definition) is 2. The first-order valence-electron chi connectivity index (χ1n) is 9.47. The van der Waals surface area contributed by atoms with E-state index in [0.717, 1.165) is 40.2 Å². The highest BCUT2D eigenvalue weighted by Gasteiger charge is 2.19. The monoisotopic (exact) mass is 396 g/mol. The molecule has 0 amide bonds. The fourth-order valence-electron chi connectivity index (χ4n) is 3.20. The van der Waals surface area contributed by atoms with E-state index in [9.17, 15) is 0 Å². The van der Waals surface area contributed by atoms with E-state index in [-0.39, 0.29) is 0 Å². The number of amidine groups is 1. The molecule has 6 heteroatoms. The van der Waals surface area contributed by atoms with Crippen molar-refractivity contribution in [2.75, 3.05) is 17.6 Å². The van der Waals surface area contributed by atoms with Crippen LogP contribution in [0.15, 0.2) is 53.5 Å². The number of thioether (sulfide) groups is 1. The summed E-state index contributed by atoms with van der Waals surface area (Å²) >= 11 is 3.54. The molecule has 0 bridgehead atoms. The summed E-state index contributed by atoms with van der Waals surface area (Å²) in [6.07, 6.45) is 3.34. The zero-order valence-corrected chi connectivity index (χ0v) is 17.1. The second kappa shape index (κ2) is 8.76. The van der Waals surface area contributed by atoms with Crippen molar-refractivity contribution in [3.63, 3.8) is 0 Å². The van der Waals surface area contributed by atoms with E-state index in [2.05, 4.69) is 65.0 Å². The van der Waals surface area contributed by atoms with E-state index in [1.165, 1.54) is 23.1 Å². The van der Waals surface area contributed by atoms with Crippen LogP contribution in [0.2, 0.25) is 0 Å². The fourth-order valence-corrected chi connectivity index (χ4v) is 5.11. The van der Waals surface area contributed by atoms with E-state index in [0.29, 0.717) is 6.04 Å². The van der Waals surface area contributed by atoms with Gasteiger partial charge >= 0.3 is 0 Å². The molecule has 27 heavy (non-hydrogen) atoms. The van der Waals surface area contributed by atoms with E-state index in [4.69, 9.17) is 4.99 Å². The molecule has 0 radical (unpaired) electrons. The lowest BCUT2D eigenvalue weighted by Crippen LogP contribution is -2.26. The van der Waals surface area contributed by atoms with Crippen molar-refractivity contribution in [1.82, 2.24) is 10.3 Å². The standard InChI is InChI=1S/C21H24N4S2/c1-2-7-16-14-26-21(23-16)24-17-9-4-3-8-15(17)12-13-22-20-25-18-10-5-6-11-19(18)27-20/h3-6,8-11,16H,2,7,12-14H2,1H3,(H,22,25)(H,23,24).